The normalized spacial score (nSPS) is 10.5. The summed E-state index contributed by atoms with van der Waals surface area (Å²) in [7, 11) is 0. The maximum Gasteiger partial charge on any atom is 0.340 e. The predicted octanol–water partition coefficient (Wildman–Crippen LogP) is 3.85. The van der Waals surface area contributed by atoms with E-state index < -0.39 is 5.97 Å². The first-order valence-electron chi connectivity index (χ1n) is 7.09. The maximum atomic E-state index is 12.8. The van der Waals surface area contributed by atoms with E-state index in [2.05, 4.69) is 4.98 Å². The van der Waals surface area contributed by atoms with E-state index in [0.717, 1.165) is 0 Å². The molecule has 120 valence electrons. The highest BCUT2D eigenvalue weighted by Gasteiger charge is 2.26. The van der Waals surface area contributed by atoms with Crippen LogP contribution in [-0.4, -0.2) is 21.8 Å². The standard InChI is InChI=1S/C18H13ClN2O3/c19-12-8-6-10(7-9-12)13-14(18(23)24)17(20)21-15(13)16(22)11-4-2-1-3-5-11/h1-9,21H,20H2,(H,23,24). The molecule has 24 heavy (non-hydrogen) atoms. The van der Waals surface area contributed by atoms with Crippen LogP contribution in [0.1, 0.15) is 26.4 Å². The number of aromatic nitrogens is 1. The Morgan fingerprint density at radius 2 is 1.62 bits per heavy atom. The second-order valence-electron chi connectivity index (χ2n) is 5.17. The summed E-state index contributed by atoms with van der Waals surface area (Å²) in [5, 5.41) is 10.0. The minimum Gasteiger partial charge on any atom is -0.478 e. The summed E-state index contributed by atoms with van der Waals surface area (Å²) in [5.41, 5.74) is 7.06. The number of anilines is 1. The summed E-state index contributed by atoms with van der Waals surface area (Å²) in [6, 6.07) is 15.1. The molecule has 5 nitrogen and oxygen atoms in total. The van der Waals surface area contributed by atoms with Gasteiger partial charge in [-0.25, -0.2) is 4.79 Å². The van der Waals surface area contributed by atoms with Crippen LogP contribution in [0, 0.1) is 0 Å². The van der Waals surface area contributed by atoms with Crippen LogP contribution in [0.2, 0.25) is 5.02 Å². The van der Waals surface area contributed by atoms with Gasteiger partial charge in [-0.15, -0.1) is 0 Å². The zero-order valence-corrected chi connectivity index (χ0v) is 13.2. The number of aromatic amines is 1. The molecule has 0 unspecified atom stereocenters. The lowest BCUT2D eigenvalue weighted by Gasteiger charge is -2.06. The van der Waals surface area contributed by atoms with Crippen molar-refractivity contribution in [2.45, 2.75) is 0 Å². The number of carboxylic acid groups (broad SMARTS) is 1. The number of halogens is 1. The first kappa shape index (κ1) is 15.8. The summed E-state index contributed by atoms with van der Waals surface area (Å²) in [6.07, 6.45) is 0. The highest BCUT2D eigenvalue weighted by molar-refractivity contribution is 6.30. The molecule has 0 bridgehead atoms. The number of hydrogen-bond donors (Lipinski definition) is 3. The van der Waals surface area contributed by atoms with Gasteiger partial charge in [-0.1, -0.05) is 54.1 Å². The lowest BCUT2D eigenvalue weighted by atomic mass is 9.97. The van der Waals surface area contributed by atoms with Crippen molar-refractivity contribution in [2.24, 2.45) is 0 Å². The number of nitrogens with one attached hydrogen (secondary N) is 1. The molecule has 0 aliphatic rings. The van der Waals surface area contributed by atoms with E-state index in [4.69, 9.17) is 17.3 Å². The number of rotatable bonds is 4. The molecule has 0 saturated heterocycles. The molecule has 3 aromatic rings. The smallest absolute Gasteiger partial charge is 0.340 e. The minimum absolute atomic E-state index is 0.0632. The van der Waals surface area contributed by atoms with Crippen LogP contribution < -0.4 is 5.73 Å². The molecule has 0 fully saturated rings. The van der Waals surface area contributed by atoms with E-state index in [1.165, 1.54) is 0 Å². The molecule has 1 heterocycles. The third-order valence-electron chi connectivity index (χ3n) is 3.64. The molecule has 0 atom stereocenters. The largest absolute Gasteiger partial charge is 0.478 e. The Morgan fingerprint density at radius 1 is 1.00 bits per heavy atom. The van der Waals surface area contributed by atoms with E-state index in [1.54, 1.807) is 54.6 Å². The first-order valence-corrected chi connectivity index (χ1v) is 7.47. The van der Waals surface area contributed by atoms with Gasteiger partial charge in [-0.05, 0) is 17.7 Å². The van der Waals surface area contributed by atoms with Gasteiger partial charge in [-0.3, -0.25) is 4.79 Å². The van der Waals surface area contributed by atoms with Gasteiger partial charge in [0.15, 0.2) is 0 Å². The fourth-order valence-corrected chi connectivity index (χ4v) is 2.68. The number of hydrogen-bond acceptors (Lipinski definition) is 3. The molecule has 0 spiro atoms. The first-order chi connectivity index (χ1) is 11.5. The SMILES string of the molecule is Nc1[nH]c(C(=O)c2ccccc2)c(-c2ccc(Cl)cc2)c1C(=O)O. The van der Waals surface area contributed by atoms with Crippen molar-refractivity contribution in [3.05, 3.63) is 76.4 Å². The number of carboxylic acids is 1. The highest BCUT2D eigenvalue weighted by atomic mass is 35.5. The minimum atomic E-state index is -1.21. The number of nitrogens with two attached hydrogens (primary N) is 1. The van der Waals surface area contributed by atoms with Crippen molar-refractivity contribution < 1.29 is 14.7 Å². The second-order valence-corrected chi connectivity index (χ2v) is 5.61. The number of H-pyrrole nitrogens is 1. The quantitative estimate of drug-likeness (QED) is 0.628. The number of ketones is 1. The zero-order valence-electron chi connectivity index (χ0n) is 12.4. The Bertz CT molecular complexity index is 915. The summed E-state index contributed by atoms with van der Waals surface area (Å²) in [6.45, 7) is 0. The van der Waals surface area contributed by atoms with Gasteiger partial charge in [0.25, 0.3) is 0 Å². The topological polar surface area (TPSA) is 96.2 Å². The van der Waals surface area contributed by atoms with Crippen LogP contribution in [0.3, 0.4) is 0 Å². The predicted molar refractivity (Wildman–Crippen MR) is 92.5 cm³/mol. The van der Waals surface area contributed by atoms with Crippen molar-refractivity contribution in [2.75, 3.05) is 5.73 Å². The fourth-order valence-electron chi connectivity index (χ4n) is 2.55. The molecule has 0 aliphatic carbocycles. The zero-order chi connectivity index (χ0) is 17.3. The van der Waals surface area contributed by atoms with Crippen molar-refractivity contribution in [1.82, 2.24) is 4.98 Å². The van der Waals surface area contributed by atoms with E-state index >= 15 is 0 Å². The van der Waals surface area contributed by atoms with Crippen LogP contribution >= 0.6 is 11.6 Å². The van der Waals surface area contributed by atoms with Crippen LogP contribution in [-0.2, 0) is 0 Å². The molecule has 0 radical (unpaired) electrons. The van der Waals surface area contributed by atoms with Crippen LogP contribution in [0.4, 0.5) is 5.82 Å². The Kier molecular flexibility index (Phi) is 4.10. The summed E-state index contributed by atoms with van der Waals surface area (Å²) >= 11 is 5.89. The molecule has 0 aliphatic heterocycles. The summed E-state index contributed by atoms with van der Waals surface area (Å²) < 4.78 is 0. The third-order valence-corrected chi connectivity index (χ3v) is 3.89. The van der Waals surface area contributed by atoms with Crippen molar-refractivity contribution in [3.63, 3.8) is 0 Å². The number of carbonyl (C=O) groups is 2. The van der Waals surface area contributed by atoms with Crippen LogP contribution in [0.25, 0.3) is 11.1 Å². The molecule has 3 rings (SSSR count). The Hall–Kier alpha value is -3.05. The Labute approximate surface area is 142 Å². The Balaban J connectivity index is 2.23. The molecule has 4 N–H and O–H groups in total. The van der Waals surface area contributed by atoms with Gasteiger partial charge < -0.3 is 15.8 Å². The van der Waals surface area contributed by atoms with E-state index in [-0.39, 0.29) is 28.4 Å². The van der Waals surface area contributed by atoms with Gasteiger partial charge in [0, 0.05) is 16.1 Å². The third kappa shape index (κ3) is 2.77. The monoisotopic (exact) mass is 340 g/mol. The van der Waals surface area contributed by atoms with Gasteiger partial charge >= 0.3 is 5.97 Å². The van der Waals surface area contributed by atoms with E-state index in [9.17, 15) is 14.7 Å². The number of nitrogen functional groups attached to an aromatic ring is 1. The molecular weight excluding hydrogens is 328 g/mol. The molecular formula is C18H13ClN2O3. The number of benzene rings is 2. The fraction of sp³-hybridized carbons (Fsp3) is 0. The van der Waals surface area contributed by atoms with E-state index in [1.807, 2.05) is 0 Å². The lowest BCUT2D eigenvalue weighted by Crippen LogP contribution is -2.05. The second kappa shape index (κ2) is 6.22. The van der Waals surface area contributed by atoms with Crippen LogP contribution in [0.5, 0.6) is 0 Å². The number of carbonyl (C=O) groups excluding carboxylic acids is 1. The van der Waals surface area contributed by atoms with Gasteiger partial charge in [0.1, 0.15) is 11.4 Å². The average Bonchev–Trinajstić information content (AvgIpc) is 2.93. The number of aromatic carboxylic acids is 1. The molecule has 6 heteroatoms. The maximum absolute atomic E-state index is 12.8. The van der Waals surface area contributed by atoms with Crippen LogP contribution in [0.15, 0.2) is 54.6 Å². The average molecular weight is 341 g/mol. The summed E-state index contributed by atoms with van der Waals surface area (Å²) in [4.78, 5) is 27.1. The van der Waals surface area contributed by atoms with Gasteiger partial charge in [-0.2, -0.15) is 0 Å². The van der Waals surface area contributed by atoms with Crippen molar-refractivity contribution in [1.29, 1.82) is 0 Å². The molecule has 0 saturated carbocycles. The lowest BCUT2D eigenvalue weighted by molar-refractivity contribution is 0.0699. The molecule has 2 aromatic carbocycles. The van der Waals surface area contributed by atoms with E-state index in [0.29, 0.717) is 16.1 Å². The highest BCUT2D eigenvalue weighted by Crippen LogP contribution is 2.34. The molecule has 0 amide bonds. The van der Waals surface area contributed by atoms with Crippen molar-refractivity contribution >= 4 is 29.2 Å². The molecule has 1 aromatic heterocycles. The van der Waals surface area contributed by atoms with Crippen molar-refractivity contribution in [3.8, 4) is 11.1 Å². The summed E-state index contributed by atoms with van der Waals surface area (Å²) in [5.74, 6) is -1.60. The van der Waals surface area contributed by atoms with Gasteiger partial charge in [0.05, 0.1) is 5.69 Å². The Morgan fingerprint density at radius 3 is 2.21 bits per heavy atom. The van der Waals surface area contributed by atoms with Gasteiger partial charge in [0.2, 0.25) is 5.78 Å².